The fourth-order valence-corrected chi connectivity index (χ4v) is 3.97. The van der Waals surface area contributed by atoms with Gasteiger partial charge in [-0.1, -0.05) is 0 Å². The van der Waals surface area contributed by atoms with Crippen LogP contribution in [0.5, 0.6) is 0 Å². The van der Waals surface area contributed by atoms with Gasteiger partial charge in [-0.2, -0.15) is 0 Å². The van der Waals surface area contributed by atoms with Crippen molar-refractivity contribution in [2.75, 3.05) is 23.7 Å². The number of nitrogen functional groups attached to an aromatic ring is 1. The SMILES string of the molecule is Nc1nccc(N2CC3CCC(C2)N3C(=O)[C@@H]2C[C@H]2F)c1[N+](=O)[O-]. The Morgan fingerprint density at radius 1 is 1.38 bits per heavy atom. The normalized spacial score (nSPS) is 31.2. The van der Waals surface area contributed by atoms with E-state index in [4.69, 9.17) is 5.73 Å². The Hall–Kier alpha value is -2.45. The number of anilines is 2. The van der Waals surface area contributed by atoms with Crippen LogP contribution in [0.2, 0.25) is 0 Å². The van der Waals surface area contributed by atoms with E-state index < -0.39 is 17.0 Å². The zero-order valence-corrected chi connectivity index (χ0v) is 13.0. The topological polar surface area (TPSA) is 106 Å². The highest BCUT2D eigenvalue weighted by Crippen LogP contribution is 2.42. The van der Waals surface area contributed by atoms with Gasteiger partial charge in [-0.25, -0.2) is 9.37 Å². The number of nitrogens with two attached hydrogens (primary N) is 1. The van der Waals surface area contributed by atoms with Crippen molar-refractivity contribution >= 4 is 23.1 Å². The van der Waals surface area contributed by atoms with Crippen molar-refractivity contribution in [1.82, 2.24) is 9.88 Å². The maximum Gasteiger partial charge on any atom is 0.334 e. The second-order valence-electron chi connectivity index (χ2n) is 6.71. The zero-order chi connectivity index (χ0) is 17.0. The van der Waals surface area contributed by atoms with Gasteiger partial charge < -0.3 is 15.5 Å². The molecule has 1 saturated carbocycles. The molecule has 3 aliphatic rings. The van der Waals surface area contributed by atoms with Crippen LogP contribution in [0.15, 0.2) is 12.3 Å². The average Bonchev–Trinajstić information content (AvgIpc) is 3.21. The maximum absolute atomic E-state index is 13.2. The van der Waals surface area contributed by atoms with Crippen LogP contribution >= 0.6 is 0 Å². The molecule has 1 aromatic heterocycles. The highest BCUT2D eigenvalue weighted by Gasteiger charge is 2.52. The molecule has 8 nitrogen and oxygen atoms in total. The molecule has 4 atom stereocenters. The van der Waals surface area contributed by atoms with Gasteiger partial charge in [0.05, 0.1) is 10.8 Å². The molecular formula is C15H18FN5O3. The van der Waals surface area contributed by atoms with E-state index in [1.807, 2.05) is 9.80 Å². The number of halogens is 1. The molecule has 3 fully saturated rings. The van der Waals surface area contributed by atoms with Crippen LogP contribution in [0.4, 0.5) is 21.6 Å². The van der Waals surface area contributed by atoms with E-state index in [0.717, 1.165) is 12.8 Å². The van der Waals surface area contributed by atoms with E-state index in [1.54, 1.807) is 6.07 Å². The van der Waals surface area contributed by atoms with Gasteiger partial charge in [-0.05, 0) is 25.3 Å². The smallest absolute Gasteiger partial charge is 0.334 e. The number of piperazine rings is 1. The lowest BCUT2D eigenvalue weighted by Gasteiger charge is -2.42. The highest BCUT2D eigenvalue weighted by atomic mass is 19.1. The number of pyridine rings is 1. The summed E-state index contributed by atoms with van der Waals surface area (Å²) in [4.78, 5) is 30.8. The quantitative estimate of drug-likeness (QED) is 0.655. The molecule has 24 heavy (non-hydrogen) atoms. The molecule has 1 amide bonds. The lowest BCUT2D eigenvalue weighted by molar-refractivity contribution is -0.383. The van der Waals surface area contributed by atoms with Crippen molar-refractivity contribution in [2.24, 2.45) is 5.92 Å². The molecule has 2 saturated heterocycles. The van der Waals surface area contributed by atoms with E-state index in [-0.39, 0.29) is 29.5 Å². The summed E-state index contributed by atoms with van der Waals surface area (Å²) in [5, 5.41) is 11.3. The lowest BCUT2D eigenvalue weighted by Crippen LogP contribution is -2.56. The van der Waals surface area contributed by atoms with Gasteiger partial charge in [0, 0.05) is 31.4 Å². The van der Waals surface area contributed by atoms with Crippen molar-refractivity contribution in [1.29, 1.82) is 0 Å². The number of hydrogen-bond donors (Lipinski definition) is 1. The summed E-state index contributed by atoms with van der Waals surface area (Å²) < 4.78 is 13.2. The molecule has 2 unspecified atom stereocenters. The van der Waals surface area contributed by atoms with Crippen molar-refractivity contribution in [3.63, 3.8) is 0 Å². The number of carbonyl (C=O) groups excluding carboxylic acids is 1. The monoisotopic (exact) mass is 335 g/mol. The van der Waals surface area contributed by atoms with Crippen LogP contribution in [0.1, 0.15) is 19.3 Å². The Morgan fingerprint density at radius 3 is 2.54 bits per heavy atom. The minimum absolute atomic E-state index is 0.0296. The van der Waals surface area contributed by atoms with Crippen LogP contribution in [-0.2, 0) is 4.79 Å². The number of nitro groups is 1. The van der Waals surface area contributed by atoms with Crippen LogP contribution in [0, 0.1) is 16.0 Å². The maximum atomic E-state index is 13.2. The third-order valence-electron chi connectivity index (χ3n) is 5.22. The molecule has 0 spiro atoms. The summed E-state index contributed by atoms with van der Waals surface area (Å²) in [6.07, 6.45) is 2.45. The standard InChI is InChI=1S/C15H18FN5O3/c16-11-5-10(11)15(22)20-8-1-2-9(20)7-19(6-8)12-3-4-18-14(17)13(12)21(23)24/h3-4,8-11H,1-2,5-7H2,(H2,17,18)/t8?,9?,10-,11-/m1/s1. The number of nitrogens with zero attached hydrogens (tertiary/aromatic N) is 4. The van der Waals surface area contributed by atoms with E-state index in [0.29, 0.717) is 25.2 Å². The second kappa shape index (κ2) is 5.29. The first-order chi connectivity index (χ1) is 11.5. The summed E-state index contributed by atoms with van der Waals surface area (Å²) in [6, 6.07) is 1.53. The Labute approximate surface area is 137 Å². The summed E-state index contributed by atoms with van der Waals surface area (Å²) in [7, 11) is 0. The molecular weight excluding hydrogens is 317 g/mol. The van der Waals surface area contributed by atoms with Crippen molar-refractivity contribution < 1.29 is 14.1 Å². The van der Waals surface area contributed by atoms with Crippen molar-refractivity contribution in [3.8, 4) is 0 Å². The minimum Gasteiger partial charge on any atom is -0.378 e. The molecule has 0 radical (unpaired) electrons. The minimum atomic E-state index is -1.00. The van der Waals surface area contributed by atoms with Gasteiger partial charge >= 0.3 is 5.69 Å². The number of fused-ring (bicyclic) bond motifs is 2. The predicted molar refractivity (Wildman–Crippen MR) is 84.2 cm³/mol. The first kappa shape index (κ1) is 15.1. The molecule has 2 aliphatic heterocycles. The third kappa shape index (κ3) is 2.26. The van der Waals surface area contributed by atoms with Gasteiger partial charge in [0.15, 0.2) is 0 Å². The summed E-state index contributed by atoms with van der Waals surface area (Å²) >= 11 is 0. The number of carbonyl (C=O) groups is 1. The Morgan fingerprint density at radius 2 is 2.00 bits per heavy atom. The van der Waals surface area contributed by atoms with Crippen molar-refractivity contribution in [2.45, 2.75) is 37.5 Å². The summed E-state index contributed by atoms with van der Waals surface area (Å²) in [5.41, 5.74) is 5.91. The van der Waals surface area contributed by atoms with E-state index in [2.05, 4.69) is 4.98 Å². The van der Waals surface area contributed by atoms with E-state index in [9.17, 15) is 19.3 Å². The summed E-state index contributed by atoms with van der Waals surface area (Å²) in [5.74, 6) is -0.689. The second-order valence-corrected chi connectivity index (χ2v) is 6.71. The van der Waals surface area contributed by atoms with Crippen molar-refractivity contribution in [3.05, 3.63) is 22.4 Å². The Balaban J connectivity index is 1.59. The number of amides is 1. The molecule has 4 rings (SSSR count). The van der Waals surface area contributed by atoms with Gasteiger partial charge in [0.1, 0.15) is 11.9 Å². The fraction of sp³-hybridized carbons (Fsp3) is 0.600. The Kier molecular flexibility index (Phi) is 3.33. The van der Waals surface area contributed by atoms with Crippen LogP contribution < -0.4 is 10.6 Å². The molecule has 2 bridgehead atoms. The van der Waals surface area contributed by atoms with Crippen LogP contribution in [0.25, 0.3) is 0 Å². The Bertz CT molecular complexity index is 700. The van der Waals surface area contributed by atoms with Gasteiger partial charge in [0.2, 0.25) is 11.7 Å². The summed E-state index contributed by atoms with van der Waals surface area (Å²) in [6.45, 7) is 0.992. The molecule has 9 heteroatoms. The molecule has 2 N–H and O–H groups in total. The van der Waals surface area contributed by atoms with Gasteiger partial charge in [-0.3, -0.25) is 14.9 Å². The van der Waals surface area contributed by atoms with Gasteiger partial charge in [0.25, 0.3) is 0 Å². The highest BCUT2D eigenvalue weighted by molar-refractivity contribution is 5.83. The molecule has 1 aliphatic carbocycles. The molecule has 0 aromatic carbocycles. The van der Waals surface area contributed by atoms with Crippen LogP contribution in [0.3, 0.4) is 0 Å². The number of hydrogen-bond acceptors (Lipinski definition) is 6. The predicted octanol–water partition coefficient (Wildman–Crippen LogP) is 1.11. The van der Waals surface area contributed by atoms with E-state index >= 15 is 0 Å². The number of aromatic nitrogens is 1. The average molecular weight is 335 g/mol. The lowest BCUT2D eigenvalue weighted by atomic mass is 10.1. The van der Waals surface area contributed by atoms with E-state index in [1.165, 1.54) is 6.20 Å². The van der Waals surface area contributed by atoms with Crippen LogP contribution in [-0.4, -0.2) is 52.1 Å². The first-order valence-electron chi connectivity index (χ1n) is 8.07. The first-order valence-corrected chi connectivity index (χ1v) is 8.07. The molecule has 128 valence electrons. The fourth-order valence-electron chi connectivity index (χ4n) is 3.97. The van der Waals surface area contributed by atoms with Gasteiger partial charge in [-0.15, -0.1) is 0 Å². The largest absolute Gasteiger partial charge is 0.378 e. The molecule has 3 heterocycles. The molecule has 1 aromatic rings. The zero-order valence-electron chi connectivity index (χ0n) is 13.0. The number of rotatable bonds is 3. The number of alkyl halides is 1. The third-order valence-corrected chi connectivity index (χ3v) is 5.22.